The summed E-state index contributed by atoms with van der Waals surface area (Å²) >= 11 is 12.2. The fraction of sp³-hybridized carbons (Fsp3) is 0.348. The van der Waals surface area contributed by atoms with Crippen molar-refractivity contribution in [1.82, 2.24) is 10.2 Å². The summed E-state index contributed by atoms with van der Waals surface area (Å²) in [4.78, 5) is 38.7. The highest BCUT2D eigenvalue weighted by atomic mass is 35.5. The Morgan fingerprint density at radius 1 is 1.03 bits per heavy atom. The van der Waals surface area contributed by atoms with Gasteiger partial charge in [-0.1, -0.05) is 29.3 Å². The molecule has 0 bridgehead atoms. The largest absolute Gasteiger partial charge is 0.493 e. The fourth-order valence-electron chi connectivity index (χ4n) is 2.91. The second kappa shape index (κ2) is 12.3. The quantitative estimate of drug-likeness (QED) is 0.518. The van der Waals surface area contributed by atoms with Crippen molar-refractivity contribution >= 4 is 46.6 Å². The van der Waals surface area contributed by atoms with E-state index < -0.39 is 5.91 Å². The Morgan fingerprint density at radius 2 is 1.70 bits per heavy atom. The third-order valence-corrected chi connectivity index (χ3v) is 5.08. The van der Waals surface area contributed by atoms with Gasteiger partial charge in [-0.2, -0.15) is 0 Å². The van der Waals surface area contributed by atoms with E-state index in [1.807, 2.05) is 13.8 Å². The molecular weight excluding hydrogens is 469 g/mol. The molecule has 0 aliphatic carbocycles. The van der Waals surface area contributed by atoms with Crippen LogP contribution in [-0.4, -0.2) is 55.5 Å². The first-order valence-corrected chi connectivity index (χ1v) is 11.0. The molecule has 33 heavy (non-hydrogen) atoms. The van der Waals surface area contributed by atoms with E-state index >= 15 is 0 Å². The minimum absolute atomic E-state index is 0.00541. The van der Waals surface area contributed by atoms with Crippen LogP contribution in [0.3, 0.4) is 0 Å². The SMILES string of the molecule is CCN(CC(=O)Nc1c(Cl)cccc1Cl)C(=O)c1ccc(OCC(=O)NC(C)C)c(OC)c1. The number of hydrogen-bond acceptors (Lipinski definition) is 5. The lowest BCUT2D eigenvalue weighted by atomic mass is 10.1. The molecule has 2 aromatic carbocycles. The number of para-hydroxylation sites is 1. The van der Waals surface area contributed by atoms with Gasteiger partial charge in [0, 0.05) is 18.2 Å². The van der Waals surface area contributed by atoms with Crippen molar-refractivity contribution in [2.75, 3.05) is 32.1 Å². The highest BCUT2D eigenvalue weighted by Crippen LogP contribution is 2.30. The van der Waals surface area contributed by atoms with Crippen molar-refractivity contribution in [2.24, 2.45) is 0 Å². The summed E-state index contributed by atoms with van der Waals surface area (Å²) in [6, 6.07) is 9.47. The molecule has 0 saturated heterocycles. The van der Waals surface area contributed by atoms with Crippen LogP contribution in [0.5, 0.6) is 11.5 Å². The standard InChI is InChI=1S/C23H27Cl2N3O5/c1-5-28(12-20(29)27-22-16(24)7-6-8-17(22)25)23(31)15-9-10-18(19(11-15)32-4)33-13-21(30)26-14(2)3/h6-11,14H,5,12-13H2,1-4H3,(H,26,30)(H,27,29). The van der Waals surface area contributed by atoms with E-state index in [0.29, 0.717) is 39.3 Å². The molecule has 8 nitrogen and oxygen atoms in total. The molecule has 0 heterocycles. The van der Waals surface area contributed by atoms with Crippen LogP contribution in [-0.2, 0) is 9.59 Å². The van der Waals surface area contributed by atoms with Crippen LogP contribution in [0.25, 0.3) is 0 Å². The van der Waals surface area contributed by atoms with Gasteiger partial charge in [0.1, 0.15) is 6.54 Å². The van der Waals surface area contributed by atoms with E-state index in [9.17, 15) is 14.4 Å². The summed E-state index contributed by atoms with van der Waals surface area (Å²) in [7, 11) is 1.43. The van der Waals surface area contributed by atoms with Crippen molar-refractivity contribution < 1.29 is 23.9 Å². The van der Waals surface area contributed by atoms with E-state index in [2.05, 4.69) is 10.6 Å². The van der Waals surface area contributed by atoms with E-state index in [1.165, 1.54) is 18.1 Å². The molecule has 0 atom stereocenters. The van der Waals surface area contributed by atoms with Gasteiger partial charge in [-0.3, -0.25) is 14.4 Å². The third kappa shape index (κ3) is 7.54. The number of rotatable bonds is 10. The van der Waals surface area contributed by atoms with Crippen LogP contribution in [0, 0.1) is 0 Å². The number of likely N-dealkylation sites (N-methyl/N-ethyl adjacent to an activating group) is 1. The lowest BCUT2D eigenvalue weighted by Gasteiger charge is -2.21. The molecule has 10 heteroatoms. The topological polar surface area (TPSA) is 97.0 Å². The molecule has 2 N–H and O–H groups in total. The maximum absolute atomic E-state index is 13.0. The zero-order valence-corrected chi connectivity index (χ0v) is 20.4. The number of carbonyl (C=O) groups is 3. The van der Waals surface area contributed by atoms with Crippen molar-refractivity contribution in [3.63, 3.8) is 0 Å². The number of anilines is 1. The van der Waals surface area contributed by atoms with E-state index in [-0.39, 0.29) is 31.0 Å². The molecule has 3 amide bonds. The zero-order valence-electron chi connectivity index (χ0n) is 18.9. The number of ether oxygens (including phenoxy) is 2. The van der Waals surface area contributed by atoms with Crippen LogP contribution >= 0.6 is 23.2 Å². The molecule has 0 unspecified atom stereocenters. The maximum atomic E-state index is 13.0. The van der Waals surface area contributed by atoms with E-state index in [1.54, 1.807) is 37.3 Å². The molecule has 178 valence electrons. The Bertz CT molecular complexity index is 993. The van der Waals surface area contributed by atoms with Crippen molar-refractivity contribution in [3.8, 4) is 11.5 Å². The highest BCUT2D eigenvalue weighted by Gasteiger charge is 2.20. The lowest BCUT2D eigenvalue weighted by Crippen LogP contribution is -2.38. The lowest BCUT2D eigenvalue weighted by molar-refractivity contribution is -0.123. The first kappa shape index (κ1) is 26.3. The summed E-state index contributed by atoms with van der Waals surface area (Å²) in [5.74, 6) is -0.471. The Labute approximate surface area is 203 Å². The monoisotopic (exact) mass is 495 g/mol. The Balaban J connectivity index is 2.09. The number of amides is 3. The number of halogens is 2. The second-order valence-corrected chi connectivity index (χ2v) is 8.16. The van der Waals surface area contributed by atoms with Crippen molar-refractivity contribution in [1.29, 1.82) is 0 Å². The van der Waals surface area contributed by atoms with Crippen LogP contribution in [0.2, 0.25) is 10.0 Å². The fourth-order valence-corrected chi connectivity index (χ4v) is 3.40. The van der Waals surface area contributed by atoms with Gasteiger partial charge < -0.3 is 25.0 Å². The van der Waals surface area contributed by atoms with Gasteiger partial charge in [0.2, 0.25) is 5.91 Å². The molecule has 0 spiro atoms. The summed E-state index contributed by atoms with van der Waals surface area (Å²) in [6.07, 6.45) is 0. The predicted molar refractivity (Wildman–Crippen MR) is 128 cm³/mol. The molecule has 0 aliphatic heterocycles. The van der Waals surface area contributed by atoms with Gasteiger partial charge in [-0.25, -0.2) is 0 Å². The van der Waals surface area contributed by atoms with Crippen LogP contribution in [0.1, 0.15) is 31.1 Å². The number of carbonyl (C=O) groups excluding carboxylic acids is 3. The molecule has 0 saturated carbocycles. The zero-order chi connectivity index (χ0) is 24.5. The van der Waals surface area contributed by atoms with Gasteiger partial charge in [-0.05, 0) is 51.1 Å². The highest BCUT2D eigenvalue weighted by molar-refractivity contribution is 6.39. The summed E-state index contributed by atoms with van der Waals surface area (Å²) in [6.45, 7) is 5.36. The van der Waals surface area contributed by atoms with E-state index in [0.717, 1.165) is 0 Å². The summed E-state index contributed by atoms with van der Waals surface area (Å²) in [5, 5.41) is 5.97. The van der Waals surface area contributed by atoms with Gasteiger partial charge in [0.25, 0.3) is 11.8 Å². The Morgan fingerprint density at radius 3 is 2.27 bits per heavy atom. The van der Waals surface area contributed by atoms with Gasteiger partial charge in [-0.15, -0.1) is 0 Å². The van der Waals surface area contributed by atoms with Crippen LogP contribution < -0.4 is 20.1 Å². The number of hydrogen-bond donors (Lipinski definition) is 2. The Hall–Kier alpha value is -2.97. The number of nitrogens with one attached hydrogen (secondary N) is 2. The number of nitrogens with zero attached hydrogens (tertiary/aromatic N) is 1. The first-order valence-electron chi connectivity index (χ1n) is 10.3. The smallest absolute Gasteiger partial charge is 0.258 e. The normalized spacial score (nSPS) is 10.5. The second-order valence-electron chi connectivity index (χ2n) is 7.34. The first-order chi connectivity index (χ1) is 15.7. The molecule has 2 aromatic rings. The maximum Gasteiger partial charge on any atom is 0.258 e. The molecule has 0 aromatic heterocycles. The third-order valence-electron chi connectivity index (χ3n) is 4.45. The number of benzene rings is 2. The molecule has 2 rings (SSSR count). The van der Waals surface area contributed by atoms with Crippen LogP contribution in [0.15, 0.2) is 36.4 Å². The Kier molecular flexibility index (Phi) is 9.81. The van der Waals surface area contributed by atoms with Gasteiger partial charge in [0.05, 0.1) is 22.8 Å². The minimum Gasteiger partial charge on any atom is -0.493 e. The van der Waals surface area contributed by atoms with Crippen LogP contribution in [0.4, 0.5) is 5.69 Å². The summed E-state index contributed by atoms with van der Waals surface area (Å²) < 4.78 is 10.8. The number of methoxy groups -OCH3 is 1. The molecule has 0 fully saturated rings. The predicted octanol–water partition coefficient (Wildman–Crippen LogP) is 4.01. The molecular formula is C23H27Cl2N3O5. The molecule has 0 radical (unpaired) electrons. The van der Waals surface area contributed by atoms with E-state index in [4.69, 9.17) is 32.7 Å². The average Bonchev–Trinajstić information content (AvgIpc) is 2.77. The average molecular weight is 496 g/mol. The van der Waals surface area contributed by atoms with Gasteiger partial charge >= 0.3 is 0 Å². The molecule has 0 aliphatic rings. The summed E-state index contributed by atoms with van der Waals surface area (Å²) in [5.41, 5.74) is 0.593. The van der Waals surface area contributed by atoms with Gasteiger partial charge in [0.15, 0.2) is 18.1 Å². The van der Waals surface area contributed by atoms with Crippen molar-refractivity contribution in [3.05, 3.63) is 52.0 Å². The minimum atomic E-state index is -0.441. The van der Waals surface area contributed by atoms with Crippen molar-refractivity contribution in [2.45, 2.75) is 26.8 Å².